The summed E-state index contributed by atoms with van der Waals surface area (Å²) in [5.74, 6) is -0.871. The van der Waals surface area contributed by atoms with Gasteiger partial charge in [0.2, 0.25) is 0 Å². The highest BCUT2D eigenvalue weighted by Crippen LogP contribution is 2.02. The first-order valence-electron chi connectivity index (χ1n) is 4.47. The molecule has 0 amide bonds. The van der Waals surface area contributed by atoms with Crippen molar-refractivity contribution in [2.45, 2.75) is 13.3 Å². The van der Waals surface area contributed by atoms with Crippen molar-refractivity contribution >= 4 is 11.9 Å². The second-order valence-corrected chi connectivity index (χ2v) is 3.17. The van der Waals surface area contributed by atoms with Crippen molar-refractivity contribution in [3.05, 3.63) is 12.2 Å². The summed E-state index contributed by atoms with van der Waals surface area (Å²) in [7, 11) is 0. The molecule has 0 saturated carbocycles. The summed E-state index contributed by atoms with van der Waals surface area (Å²) in [4.78, 5) is 26.4. The van der Waals surface area contributed by atoms with Gasteiger partial charge in [-0.05, 0) is 12.3 Å². The van der Waals surface area contributed by atoms with Crippen LogP contribution in [0.1, 0.15) is 13.3 Å². The van der Waals surface area contributed by atoms with E-state index in [2.05, 4.69) is 10.3 Å². The standard InChI is InChI=1S/C9H13NO4/c1-7-4-5-10-14-9(12)3-2-8(11)13-6-7/h2-3,7,10H,4-6H2,1H3. The first kappa shape index (κ1) is 10.7. The van der Waals surface area contributed by atoms with Crippen molar-refractivity contribution in [3.63, 3.8) is 0 Å². The maximum Gasteiger partial charge on any atom is 0.349 e. The molecule has 78 valence electrons. The zero-order valence-corrected chi connectivity index (χ0v) is 7.99. The number of hydrogen-bond acceptors (Lipinski definition) is 5. The van der Waals surface area contributed by atoms with Gasteiger partial charge >= 0.3 is 11.9 Å². The summed E-state index contributed by atoms with van der Waals surface area (Å²) >= 11 is 0. The number of nitrogens with one attached hydrogen (secondary N) is 1. The highest BCUT2D eigenvalue weighted by Gasteiger charge is 2.08. The number of esters is 1. The molecule has 1 atom stereocenters. The molecule has 1 rings (SSSR count). The molecule has 5 heteroatoms. The maximum atomic E-state index is 11.0. The van der Waals surface area contributed by atoms with E-state index in [0.29, 0.717) is 13.2 Å². The highest BCUT2D eigenvalue weighted by atomic mass is 16.7. The molecule has 0 bridgehead atoms. The van der Waals surface area contributed by atoms with Crippen LogP contribution in [0.3, 0.4) is 0 Å². The molecule has 0 radical (unpaired) electrons. The molecule has 1 unspecified atom stereocenters. The van der Waals surface area contributed by atoms with Crippen molar-refractivity contribution in [3.8, 4) is 0 Å². The Hall–Kier alpha value is -1.36. The first-order chi connectivity index (χ1) is 6.68. The van der Waals surface area contributed by atoms with E-state index in [4.69, 9.17) is 4.74 Å². The molecule has 0 fully saturated rings. The lowest BCUT2D eigenvalue weighted by molar-refractivity contribution is -0.145. The second kappa shape index (κ2) is 5.39. The van der Waals surface area contributed by atoms with E-state index in [1.54, 1.807) is 0 Å². The molecule has 1 heterocycles. The molecule has 1 N–H and O–H groups in total. The minimum Gasteiger partial charge on any atom is -0.462 e. The number of hydroxylamine groups is 1. The Labute approximate surface area is 82.0 Å². The summed E-state index contributed by atoms with van der Waals surface area (Å²) in [6.45, 7) is 2.87. The lowest BCUT2D eigenvalue weighted by Gasteiger charge is -2.10. The first-order valence-corrected chi connectivity index (χ1v) is 4.47. The van der Waals surface area contributed by atoms with Crippen molar-refractivity contribution in [1.82, 2.24) is 5.48 Å². The third-order valence-corrected chi connectivity index (χ3v) is 1.78. The van der Waals surface area contributed by atoms with Gasteiger partial charge in [0.1, 0.15) is 0 Å². The number of ether oxygens (including phenoxy) is 1. The summed E-state index contributed by atoms with van der Waals surface area (Å²) in [6.07, 6.45) is 2.87. The van der Waals surface area contributed by atoms with Crippen molar-refractivity contribution in [2.75, 3.05) is 13.2 Å². The Morgan fingerprint density at radius 3 is 2.86 bits per heavy atom. The predicted molar refractivity (Wildman–Crippen MR) is 48.0 cm³/mol. The van der Waals surface area contributed by atoms with Gasteiger partial charge in [0.25, 0.3) is 0 Å². The van der Waals surface area contributed by atoms with E-state index in [-0.39, 0.29) is 5.92 Å². The molecular formula is C9H13NO4. The predicted octanol–water partition coefficient (Wildman–Crippen LogP) is 0.173. The zero-order chi connectivity index (χ0) is 10.4. The molecule has 0 aromatic rings. The van der Waals surface area contributed by atoms with Crippen molar-refractivity contribution < 1.29 is 19.2 Å². The van der Waals surface area contributed by atoms with E-state index in [0.717, 1.165) is 18.6 Å². The molecule has 0 spiro atoms. The zero-order valence-electron chi connectivity index (χ0n) is 7.99. The molecule has 0 aliphatic carbocycles. The smallest absolute Gasteiger partial charge is 0.349 e. The lowest BCUT2D eigenvalue weighted by atomic mass is 10.1. The minimum atomic E-state index is -0.600. The highest BCUT2D eigenvalue weighted by molar-refractivity contribution is 5.91. The van der Waals surface area contributed by atoms with Crippen LogP contribution in [0, 0.1) is 5.92 Å². The molecule has 5 nitrogen and oxygen atoms in total. The fourth-order valence-electron chi connectivity index (χ4n) is 0.953. The summed E-state index contributed by atoms with van der Waals surface area (Å²) in [5, 5.41) is 0. The van der Waals surface area contributed by atoms with E-state index in [1.807, 2.05) is 6.92 Å². The van der Waals surface area contributed by atoms with Gasteiger partial charge in [-0.1, -0.05) is 6.92 Å². The number of hydrogen-bond donors (Lipinski definition) is 1. The van der Waals surface area contributed by atoms with Gasteiger partial charge in [0, 0.05) is 18.7 Å². The molecule has 0 aromatic carbocycles. The van der Waals surface area contributed by atoms with Crippen LogP contribution >= 0.6 is 0 Å². The lowest BCUT2D eigenvalue weighted by Crippen LogP contribution is -2.21. The molecule has 1 aliphatic rings. The SMILES string of the molecule is CC1CCNOC(=O)C=CC(=O)OC1. The van der Waals surface area contributed by atoms with Crippen molar-refractivity contribution in [2.24, 2.45) is 5.92 Å². The van der Waals surface area contributed by atoms with Crippen LogP contribution in [-0.2, 0) is 19.2 Å². The van der Waals surface area contributed by atoms with E-state index < -0.39 is 11.9 Å². The largest absolute Gasteiger partial charge is 0.462 e. The topological polar surface area (TPSA) is 64.6 Å². The van der Waals surface area contributed by atoms with Crippen LogP contribution in [0.15, 0.2) is 12.2 Å². The van der Waals surface area contributed by atoms with Gasteiger partial charge in [0.15, 0.2) is 0 Å². The third-order valence-electron chi connectivity index (χ3n) is 1.78. The Morgan fingerprint density at radius 1 is 1.36 bits per heavy atom. The summed E-state index contributed by atoms with van der Waals surface area (Å²) in [5.41, 5.74) is 2.51. The molecule has 0 aromatic heterocycles. The average Bonchev–Trinajstić information content (AvgIpc) is 2.19. The Kier molecular flexibility index (Phi) is 4.12. The fraction of sp³-hybridized carbons (Fsp3) is 0.556. The van der Waals surface area contributed by atoms with Gasteiger partial charge in [-0.2, -0.15) is 5.48 Å². The monoisotopic (exact) mass is 199 g/mol. The van der Waals surface area contributed by atoms with Crippen LogP contribution in [0.5, 0.6) is 0 Å². The third kappa shape index (κ3) is 4.04. The average molecular weight is 199 g/mol. The molecular weight excluding hydrogens is 186 g/mol. The Bertz CT molecular complexity index is 249. The maximum absolute atomic E-state index is 11.0. The van der Waals surface area contributed by atoms with Crippen LogP contribution in [0.2, 0.25) is 0 Å². The van der Waals surface area contributed by atoms with Gasteiger partial charge in [-0.15, -0.1) is 0 Å². The Balaban J connectivity index is 2.52. The second-order valence-electron chi connectivity index (χ2n) is 3.17. The van der Waals surface area contributed by atoms with E-state index in [9.17, 15) is 9.59 Å². The normalized spacial score (nSPS) is 24.8. The number of rotatable bonds is 0. The Morgan fingerprint density at radius 2 is 2.07 bits per heavy atom. The van der Waals surface area contributed by atoms with Gasteiger partial charge < -0.3 is 9.57 Å². The van der Waals surface area contributed by atoms with Gasteiger partial charge in [-0.25, -0.2) is 9.59 Å². The van der Waals surface area contributed by atoms with E-state index >= 15 is 0 Å². The van der Waals surface area contributed by atoms with Crippen LogP contribution in [0.25, 0.3) is 0 Å². The molecule has 14 heavy (non-hydrogen) atoms. The van der Waals surface area contributed by atoms with Crippen molar-refractivity contribution in [1.29, 1.82) is 0 Å². The minimum absolute atomic E-state index is 0.247. The number of carbonyl (C=O) groups is 2. The van der Waals surface area contributed by atoms with Crippen LogP contribution in [-0.4, -0.2) is 25.1 Å². The molecule has 1 aliphatic heterocycles. The van der Waals surface area contributed by atoms with Gasteiger partial charge in [0.05, 0.1) is 6.61 Å². The van der Waals surface area contributed by atoms with Crippen LogP contribution < -0.4 is 5.48 Å². The fourth-order valence-corrected chi connectivity index (χ4v) is 0.953. The number of cyclic esters (lactones) is 1. The quantitative estimate of drug-likeness (QED) is 0.563. The number of carbonyl (C=O) groups excluding carboxylic acids is 2. The summed E-state index contributed by atoms with van der Waals surface area (Å²) in [6, 6.07) is 0. The van der Waals surface area contributed by atoms with E-state index in [1.165, 1.54) is 0 Å². The van der Waals surface area contributed by atoms with Gasteiger partial charge in [-0.3, -0.25) is 0 Å². The van der Waals surface area contributed by atoms with Crippen LogP contribution in [0.4, 0.5) is 0 Å². The molecule has 0 saturated heterocycles. The summed E-state index contributed by atoms with van der Waals surface area (Å²) < 4.78 is 4.87.